The number of hydrogen-bond acceptors (Lipinski definition) is 0. The summed E-state index contributed by atoms with van der Waals surface area (Å²) in [5.74, 6) is 0. The molecule has 0 aliphatic heterocycles. The Bertz CT molecular complexity index is 20.9. The fourth-order valence-corrected chi connectivity index (χ4v) is 0. The Balaban J connectivity index is 0. The van der Waals surface area contributed by atoms with E-state index in [-0.39, 0.29) is 4.70 Å². The summed E-state index contributed by atoms with van der Waals surface area (Å²) in [6, 6.07) is 0. The molecule has 0 aromatic rings. The third kappa shape index (κ3) is 14.9. The van der Waals surface area contributed by atoms with Crippen LogP contribution in [0.1, 0.15) is 0 Å². The van der Waals surface area contributed by atoms with Crippen molar-refractivity contribution in [1.29, 1.82) is 0 Å². The molecule has 2 heteroatoms. The van der Waals surface area contributed by atoms with Crippen LogP contribution in [-0.4, -0.2) is 6.16 Å². The zero-order chi connectivity index (χ0) is 3.41. The van der Waals surface area contributed by atoms with Crippen molar-refractivity contribution in [2.45, 2.75) is 0 Å². The molecule has 0 fully saturated rings. The van der Waals surface area contributed by atoms with E-state index in [4.69, 9.17) is 0 Å². The predicted octanol–water partition coefficient (Wildman–Crippen LogP) is 1.20. The lowest BCUT2D eigenvalue weighted by atomic mass is 10.8. The Kier molecular flexibility index (Phi) is 15.9. The molecule has 1 atom stereocenters. The van der Waals surface area contributed by atoms with Gasteiger partial charge in [-0.2, -0.15) is 0 Å². The SMILES string of the molecule is C=CCP.F. The van der Waals surface area contributed by atoms with Crippen LogP contribution >= 0.6 is 9.24 Å². The van der Waals surface area contributed by atoms with Crippen molar-refractivity contribution in [3.8, 4) is 0 Å². The third-order valence-electron chi connectivity index (χ3n) is 0.167. The summed E-state index contributed by atoms with van der Waals surface area (Å²) in [5.41, 5.74) is 0. The largest absolute Gasteiger partial charge is 0.269 e. The highest BCUT2D eigenvalue weighted by atomic mass is 31.0. The van der Waals surface area contributed by atoms with Crippen LogP contribution in [0.5, 0.6) is 0 Å². The molecule has 0 aromatic carbocycles. The molecule has 0 saturated heterocycles. The van der Waals surface area contributed by atoms with Gasteiger partial charge in [-0.25, -0.2) is 0 Å². The zero-order valence-corrected chi connectivity index (χ0v) is 4.13. The minimum Gasteiger partial charge on any atom is -0.269 e. The lowest BCUT2D eigenvalue weighted by Gasteiger charge is -1.58. The molecule has 32 valence electrons. The molecule has 0 nitrogen and oxygen atoms in total. The van der Waals surface area contributed by atoms with E-state index in [0.717, 1.165) is 6.16 Å². The van der Waals surface area contributed by atoms with E-state index in [1.54, 1.807) is 0 Å². The van der Waals surface area contributed by atoms with Crippen molar-refractivity contribution in [2.75, 3.05) is 6.16 Å². The van der Waals surface area contributed by atoms with Crippen molar-refractivity contribution >= 4 is 9.24 Å². The highest BCUT2D eigenvalue weighted by molar-refractivity contribution is 7.16. The number of halogens is 1. The molecule has 0 aliphatic carbocycles. The van der Waals surface area contributed by atoms with Gasteiger partial charge in [0.2, 0.25) is 0 Å². The van der Waals surface area contributed by atoms with E-state index in [2.05, 4.69) is 15.8 Å². The summed E-state index contributed by atoms with van der Waals surface area (Å²) >= 11 is 0. The Morgan fingerprint density at radius 3 is 2.00 bits per heavy atom. The van der Waals surface area contributed by atoms with Crippen LogP contribution in [0.25, 0.3) is 0 Å². The lowest BCUT2D eigenvalue weighted by molar-refractivity contribution is 1.11. The van der Waals surface area contributed by atoms with Crippen LogP contribution in [0.3, 0.4) is 0 Å². The van der Waals surface area contributed by atoms with Gasteiger partial charge in [-0.15, -0.1) is 15.8 Å². The molecule has 1 unspecified atom stereocenters. The average Bonchev–Trinajstić information content (AvgIpc) is 1.37. The van der Waals surface area contributed by atoms with E-state index in [0.29, 0.717) is 0 Å². The van der Waals surface area contributed by atoms with Crippen LogP contribution < -0.4 is 0 Å². The first-order chi connectivity index (χ1) is 1.91. The van der Waals surface area contributed by atoms with E-state index >= 15 is 0 Å². The lowest BCUT2D eigenvalue weighted by Crippen LogP contribution is -1.43. The summed E-state index contributed by atoms with van der Waals surface area (Å²) < 4.78 is 0. The molecule has 0 saturated carbocycles. The molecular weight excluding hydrogens is 86.0 g/mol. The maximum absolute atomic E-state index is 3.46. The van der Waals surface area contributed by atoms with Crippen molar-refractivity contribution in [1.82, 2.24) is 0 Å². The van der Waals surface area contributed by atoms with Crippen molar-refractivity contribution in [3.05, 3.63) is 12.7 Å². The second-order valence-electron chi connectivity index (χ2n) is 0.524. The minimum atomic E-state index is 0. The molecule has 0 heterocycles. The zero-order valence-electron chi connectivity index (χ0n) is 2.98. The van der Waals surface area contributed by atoms with E-state index in [9.17, 15) is 0 Å². The minimum absolute atomic E-state index is 0. The molecule has 5 heavy (non-hydrogen) atoms. The monoisotopic (exact) mass is 94.0 g/mol. The van der Waals surface area contributed by atoms with Crippen LogP contribution in [-0.2, 0) is 0 Å². The average molecular weight is 94.1 g/mol. The topological polar surface area (TPSA) is 0 Å². The molecule has 0 rings (SSSR count). The van der Waals surface area contributed by atoms with Gasteiger partial charge in [0.05, 0.1) is 0 Å². The fourth-order valence-electron chi connectivity index (χ4n) is 0. The van der Waals surface area contributed by atoms with Gasteiger partial charge in [0.25, 0.3) is 0 Å². The normalized spacial score (nSPS) is 5.00. The Morgan fingerprint density at radius 1 is 1.80 bits per heavy atom. The van der Waals surface area contributed by atoms with Crippen molar-refractivity contribution < 1.29 is 4.70 Å². The molecule has 0 spiro atoms. The molecular formula is C3H8FP. The summed E-state index contributed by atoms with van der Waals surface area (Å²) in [6.07, 6.45) is 2.84. The first kappa shape index (κ1) is 8.92. The second kappa shape index (κ2) is 8.93. The summed E-state index contributed by atoms with van der Waals surface area (Å²) in [7, 11) is 2.54. The second-order valence-corrected chi connectivity index (χ2v) is 0.996. The van der Waals surface area contributed by atoms with Crippen molar-refractivity contribution in [2.24, 2.45) is 0 Å². The van der Waals surface area contributed by atoms with Crippen molar-refractivity contribution in [3.63, 3.8) is 0 Å². The van der Waals surface area contributed by atoms with Crippen LogP contribution in [0, 0.1) is 0 Å². The quantitative estimate of drug-likeness (QED) is 0.338. The van der Waals surface area contributed by atoms with Gasteiger partial charge in [-0.1, -0.05) is 6.08 Å². The van der Waals surface area contributed by atoms with Gasteiger partial charge >= 0.3 is 0 Å². The molecule has 0 aromatic heterocycles. The molecule has 0 bridgehead atoms. The van der Waals surface area contributed by atoms with Crippen LogP contribution in [0.4, 0.5) is 4.70 Å². The smallest absolute Gasteiger partial charge is 0.0203 e. The van der Waals surface area contributed by atoms with Gasteiger partial charge in [-0.05, 0) is 6.16 Å². The Labute approximate surface area is 33.8 Å². The van der Waals surface area contributed by atoms with E-state index in [1.807, 2.05) is 6.08 Å². The van der Waals surface area contributed by atoms with Gasteiger partial charge in [-0.3, -0.25) is 4.70 Å². The van der Waals surface area contributed by atoms with Gasteiger partial charge in [0.1, 0.15) is 0 Å². The number of hydrogen-bond donors (Lipinski definition) is 0. The Hall–Kier alpha value is 0.100. The van der Waals surface area contributed by atoms with E-state index in [1.165, 1.54) is 0 Å². The van der Waals surface area contributed by atoms with E-state index < -0.39 is 0 Å². The van der Waals surface area contributed by atoms with Gasteiger partial charge < -0.3 is 0 Å². The van der Waals surface area contributed by atoms with Gasteiger partial charge in [0.15, 0.2) is 0 Å². The van der Waals surface area contributed by atoms with Crippen LogP contribution in [0.15, 0.2) is 12.7 Å². The van der Waals surface area contributed by atoms with Gasteiger partial charge in [0, 0.05) is 0 Å². The summed E-state index contributed by atoms with van der Waals surface area (Å²) in [5, 5.41) is 0. The Morgan fingerprint density at radius 2 is 2.00 bits per heavy atom. The molecule has 0 aliphatic rings. The van der Waals surface area contributed by atoms with Crippen LogP contribution in [0.2, 0.25) is 0 Å². The molecule has 0 radical (unpaired) electrons. The number of rotatable bonds is 1. The summed E-state index contributed by atoms with van der Waals surface area (Å²) in [6.45, 7) is 3.46. The summed E-state index contributed by atoms with van der Waals surface area (Å²) in [4.78, 5) is 0. The number of allylic oxidation sites excluding steroid dienone is 1. The first-order valence-corrected chi connectivity index (χ1v) is 2.04. The maximum atomic E-state index is 3.46. The third-order valence-corrected chi connectivity index (χ3v) is 0.500. The highest BCUT2D eigenvalue weighted by Gasteiger charge is 1.44. The molecule has 0 amide bonds. The molecule has 0 N–H and O–H groups in total. The first-order valence-electron chi connectivity index (χ1n) is 1.22. The predicted molar refractivity (Wildman–Crippen MR) is 27.3 cm³/mol. The standard InChI is InChI=1S/C3H7P.FH/c1-2-3-4;/h2H,1,3-4H2;1H. The highest BCUT2D eigenvalue weighted by Crippen LogP contribution is 1.74. The fraction of sp³-hybridized carbons (Fsp3) is 0.333. The maximum Gasteiger partial charge on any atom is -0.0203 e.